The number of hydrogen-bond donors (Lipinski definition) is 2. The molecule has 0 atom stereocenters. The maximum atomic E-state index is 12.0. The molecule has 22 heavy (non-hydrogen) atoms. The Morgan fingerprint density at radius 2 is 1.82 bits per heavy atom. The van der Waals surface area contributed by atoms with E-state index >= 15 is 0 Å². The molecule has 1 amide bonds. The van der Waals surface area contributed by atoms with Crippen molar-refractivity contribution in [1.82, 2.24) is 0 Å². The number of carbonyl (C=O) groups is 1. The SMILES string of the molecule is Cc1cc(Cl)ccc1NC(=O)CNc1ccc(N(C)C)cc1. The third kappa shape index (κ3) is 4.40. The average Bonchev–Trinajstić information content (AvgIpc) is 2.48. The molecule has 5 heteroatoms. The summed E-state index contributed by atoms with van der Waals surface area (Å²) in [4.78, 5) is 14.0. The van der Waals surface area contributed by atoms with Gasteiger partial charge in [0, 0.05) is 36.2 Å². The molecule has 0 unspecified atom stereocenters. The first-order valence-corrected chi connectivity index (χ1v) is 7.41. The zero-order valence-electron chi connectivity index (χ0n) is 13.0. The van der Waals surface area contributed by atoms with Crippen LogP contribution in [0.25, 0.3) is 0 Å². The third-order valence-electron chi connectivity index (χ3n) is 3.30. The molecule has 0 spiro atoms. The first-order valence-electron chi connectivity index (χ1n) is 7.03. The predicted octanol–water partition coefficient (Wildman–Crippen LogP) is 3.77. The monoisotopic (exact) mass is 317 g/mol. The molecule has 0 heterocycles. The van der Waals surface area contributed by atoms with E-state index in [1.54, 1.807) is 12.1 Å². The van der Waals surface area contributed by atoms with E-state index in [1.807, 2.05) is 56.3 Å². The molecule has 4 nitrogen and oxygen atoms in total. The molecule has 2 aromatic carbocycles. The lowest BCUT2D eigenvalue weighted by molar-refractivity contribution is -0.114. The van der Waals surface area contributed by atoms with Crippen molar-refractivity contribution in [3.63, 3.8) is 0 Å². The standard InChI is InChI=1S/C17H20ClN3O/c1-12-10-13(18)4-9-16(12)20-17(22)11-19-14-5-7-15(8-6-14)21(2)3/h4-10,19H,11H2,1-3H3,(H,20,22). The minimum absolute atomic E-state index is 0.0953. The first-order chi connectivity index (χ1) is 10.5. The van der Waals surface area contributed by atoms with Crippen molar-refractivity contribution in [2.24, 2.45) is 0 Å². The predicted molar refractivity (Wildman–Crippen MR) is 94.1 cm³/mol. The van der Waals surface area contributed by atoms with Gasteiger partial charge in [0.25, 0.3) is 0 Å². The summed E-state index contributed by atoms with van der Waals surface area (Å²) in [7, 11) is 3.98. The van der Waals surface area contributed by atoms with E-state index in [1.165, 1.54) is 0 Å². The van der Waals surface area contributed by atoms with Crippen LogP contribution in [0, 0.1) is 6.92 Å². The molecule has 2 aromatic rings. The van der Waals surface area contributed by atoms with Gasteiger partial charge in [-0.25, -0.2) is 0 Å². The summed E-state index contributed by atoms with van der Waals surface area (Å²) in [6.07, 6.45) is 0. The van der Waals surface area contributed by atoms with Crippen molar-refractivity contribution in [2.45, 2.75) is 6.92 Å². The fourth-order valence-electron chi connectivity index (χ4n) is 2.02. The first kappa shape index (κ1) is 16.2. The lowest BCUT2D eigenvalue weighted by atomic mass is 10.2. The minimum atomic E-state index is -0.0953. The Morgan fingerprint density at radius 1 is 1.14 bits per heavy atom. The molecule has 0 bridgehead atoms. The Labute approximate surface area is 136 Å². The van der Waals surface area contributed by atoms with Crippen LogP contribution in [0.4, 0.5) is 17.1 Å². The van der Waals surface area contributed by atoms with Gasteiger partial charge in [-0.15, -0.1) is 0 Å². The molecule has 0 aliphatic heterocycles. The van der Waals surface area contributed by atoms with Gasteiger partial charge in [-0.3, -0.25) is 4.79 Å². The number of anilines is 3. The number of nitrogens with zero attached hydrogens (tertiary/aromatic N) is 1. The molecule has 0 saturated carbocycles. The van der Waals surface area contributed by atoms with Crippen LogP contribution in [0.15, 0.2) is 42.5 Å². The third-order valence-corrected chi connectivity index (χ3v) is 3.53. The molecule has 0 saturated heterocycles. The lowest BCUT2D eigenvalue weighted by Gasteiger charge is -2.13. The quantitative estimate of drug-likeness (QED) is 0.882. The molecule has 0 aliphatic carbocycles. The largest absolute Gasteiger partial charge is 0.378 e. The number of hydrogen-bond acceptors (Lipinski definition) is 3. The summed E-state index contributed by atoms with van der Waals surface area (Å²) >= 11 is 5.90. The van der Waals surface area contributed by atoms with E-state index in [2.05, 4.69) is 10.6 Å². The molecule has 116 valence electrons. The highest BCUT2D eigenvalue weighted by Gasteiger charge is 2.05. The lowest BCUT2D eigenvalue weighted by Crippen LogP contribution is -2.22. The van der Waals surface area contributed by atoms with Crippen molar-refractivity contribution in [1.29, 1.82) is 0 Å². The van der Waals surface area contributed by atoms with Crippen molar-refractivity contribution < 1.29 is 4.79 Å². The average molecular weight is 318 g/mol. The number of carbonyl (C=O) groups excluding carboxylic acids is 1. The van der Waals surface area contributed by atoms with Crippen molar-refractivity contribution in [2.75, 3.05) is 36.2 Å². The number of nitrogens with one attached hydrogen (secondary N) is 2. The fourth-order valence-corrected chi connectivity index (χ4v) is 2.25. The van der Waals surface area contributed by atoms with Gasteiger partial charge < -0.3 is 15.5 Å². The van der Waals surface area contributed by atoms with E-state index in [9.17, 15) is 4.79 Å². The van der Waals surface area contributed by atoms with Gasteiger partial charge in [0.1, 0.15) is 0 Å². The van der Waals surface area contributed by atoms with Gasteiger partial charge in [0.15, 0.2) is 0 Å². The van der Waals surface area contributed by atoms with Crippen LogP contribution in [0.5, 0.6) is 0 Å². The summed E-state index contributed by atoms with van der Waals surface area (Å²) in [5, 5.41) is 6.64. The number of aryl methyl sites for hydroxylation is 1. The zero-order valence-corrected chi connectivity index (χ0v) is 13.7. The maximum absolute atomic E-state index is 12.0. The van der Waals surface area contributed by atoms with E-state index < -0.39 is 0 Å². The molecule has 0 aliphatic rings. The van der Waals surface area contributed by atoms with Crippen LogP contribution in [-0.2, 0) is 4.79 Å². The van der Waals surface area contributed by atoms with Gasteiger partial charge in [0.05, 0.1) is 6.54 Å². The summed E-state index contributed by atoms with van der Waals surface area (Å²) in [5.74, 6) is -0.0953. The van der Waals surface area contributed by atoms with Crippen LogP contribution >= 0.6 is 11.6 Å². The van der Waals surface area contributed by atoms with Crippen molar-refractivity contribution in [3.8, 4) is 0 Å². The second kappa shape index (κ2) is 7.18. The Kier molecular flexibility index (Phi) is 5.28. The molecule has 2 N–H and O–H groups in total. The summed E-state index contributed by atoms with van der Waals surface area (Å²) in [6.45, 7) is 2.12. The number of amides is 1. The van der Waals surface area contributed by atoms with Gasteiger partial charge >= 0.3 is 0 Å². The van der Waals surface area contributed by atoms with Crippen LogP contribution in [0.1, 0.15) is 5.56 Å². The maximum Gasteiger partial charge on any atom is 0.243 e. The number of benzene rings is 2. The highest BCUT2D eigenvalue weighted by atomic mass is 35.5. The molecular weight excluding hydrogens is 298 g/mol. The van der Waals surface area contributed by atoms with Gasteiger partial charge in [-0.05, 0) is 55.0 Å². The summed E-state index contributed by atoms with van der Waals surface area (Å²) in [6, 6.07) is 13.3. The van der Waals surface area contributed by atoms with E-state index in [-0.39, 0.29) is 12.5 Å². The van der Waals surface area contributed by atoms with Gasteiger partial charge in [0.2, 0.25) is 5.91 Å². The van der Waals surface area contributed by atoms with E-state index in [4.69, 9.17) is 11.6 Å². The Morgan fingerprint density at radius 3 is 2.41 bits per heavy atom. The van der Waals surface area contributed by atoms with Crippen LogP contribution in [0.3, 0.4) is 0 Å². The van der Waals surface area contributed by atoms with Gasteiger partial charge in [-0.2, -0.15) is 0 Å². The molecule has 0 fully saturated rings. The number of rotatable bonds is 5. The zero-order chi connectivity index (χ0) is 16.1. The van der Waals surface area contributed by atoms with Crippen molar-refractivity contribution in [3.05, 3.63) is 53.1 Å². The second-order valence-corrected chi connectivity index (χ2v) is 5.74. The Hall–Kier alpha value is -2.20. The normalized spacial score (nSPS) is 10.2. The smallest absolute Gasteiger partial charge is 0.243 e. The van der Waals surface area contributed by atoms with E-state index in [0.29, 0.717) is 5.02 Å². The Balaban J connectivity index is 1.89. The van der Waals surface area contributed by atoms with Crippen LogP contribution < -0.4 is 15.5 Å². The summed E-state index contributed by atoms with van der Waals surface area (Å²) < 4.78 is 0. The highest BCUT2D eigenvalue weighted by Crippen LogP contribution is 2.19. The van der Waals surface area contributed by atoms with E-state index in [0.717, 1.165) is 22.6 Å². The topological polar surface area (TPSA) is 44.4 Å². The van der Waals surface area contributed by atoms with Gasteiger partial charge in [-0.1, -0.05) is 11.6 Å². The minimum Gasteiger partial charge on any atom is -0.378 e. The van der Waals surface area contributed by atoms with Crippen molar-refractivity contribution >= 4 is 34.6 Å². The second-order valence-electron chi connectivity index (χ2n) is 5.30. The molecular formula is C17H20ClN3O. The Bertz CT molecular complexity index is 653. The number of halogens is 1. The molecule has 0 aromatic heterocycles. The fraction of sp³-hybridized carbons (Fsp3) is 0.235. The molecule has 2 rings (SSSR count). The highest BCUT2D eigenvalue weighted by molar-refractivity contribution is 6.30. The van der Waals surface area contributed by atoms with Crippen LogP contribution in [0.2, 0.25) is 5.02 Å². The van der Waals surface area contributed by atoms with Crippen LogP contribution in [-0.4, -0.2) is 26.5 Å². The summed E-state index contributed by atoms with van der Waals surface area (Å²) in [5.41, 5.74) is 3.75. The molecule has 0 radical (unpaired) electrons.